The van der Waals surface area contributed by atoms with E-state index in [0.717, 1.165) is 4.90 Å². The summed E-state index contributed by atoms with van der Waals surface area (Å²) >= 11 is 11.9. The van der Waals surface area contributed by atoms with E-state index in [2.05, 4.69) is 10.6 Å². The van der Waals surface area contributed by atoms with E-state index in [-0.39, 0.29) is 27.4 Å². The molecule has 0 atom stereocenters. The summed E-state index contributed by atoms with van der Waals surface area (Å²) in [6.07, 6.45) is 0. The Morgan fingerprint density at radius 2 is 2.11 bits per heavy atom. The van der Waals surface area contributed by atoms with Crippen LogP contribution in [-0.2, 0) is 0 Å². The van der Waals surface area contributed by atoms with Gasteiger partial charge in [-0.3, -0.25) is 15.6 Å². The number of amides is 2. The molecule has 8 heteroatoms. The van der Waals surface area contributed by atoms with Gasteiger partial charge in [0, 0.05) is 13.6 Å². The second kappa shape index (κ2) is 6.49. The van der Waals surface area contributed by atoms with Gasteiger partial charge in [-0.25, -0.2) is 4.79 Å². The molecule has 0 heterocycles. The number of hydrogen-bond acceptors (Lipinski definition) is 3. The van der Waals surface area contributed by atoms with Gasteiger partial charge in [-0.1, -0.05) is 23.2 Å². The minimum atomic E-state index is -0.597. The van der Waals surface area contributed by atoms with Crippen molar-refractivity contribution in [2.24, 2.45) is 0 Å². The van der Waals surface area contributed by atoms with Crippen LogP contribution in [0.3, 0.4) is 0 Å². The Labute approximate surface area is 120 Å². The molecule has 0 radical (unpaired) electrons. The third-order valence-corrected chi connectivity index (χ3v) is 2.95. The summed E-state index contributed by atoms with van der Waals surface area (Å²) in [6.45, 7) is 2.31. The highest BCUT2D eigenvalue weighted by molar-refractivity contribution is 6.40. The number of carbonyl (C=O) groups is 1. The number of rotatable bonds is 2. The van der Waals surface area contributed by atoms with Gasteiger partial charge < -0.3 is 10.4 Å². The predicted molar refractivity (Wildman–Crippen MR) is 76.5 cm³/mol. The van der Waals surface area contributed by atoms with Gasteiger partial charge in [0.2, 0.25) is 0 Å². The van der Waals surface area contributed by atoms with E-state index in [1.165, 1.54) is 19.2 Å². The molecule has 0 spiro atoms. The molecule has 1 rings (SSSR count). The van der Waals surface area contributed by atoms with Crippen molar-refractivity contribution >= 4 is 40.9 Å². The van der Waals surface area contributed by atoms with Crippen LogP contribution >= 0.6 is 23.2 Å². The Morgan fingerprint density at radius 1 is 1.47 bits per heavy atom. The Morgan fingerprint density at radius 3 is 2.68 bits per heavy atom. The zero-order chi connectivity index (χ0) is 14.6. The van der Waals surface area contributed by atoms with Crippen molar-refractivity contribution in [1.82, 2.24) is 10.6 Å². The lowest BCUT2D eigenvalue weighted by Crippen LogP contribution is -2.46. The van der Waals surface area contributed by atoms with Gasteiger partial charge in [0.1, 0.15) is 10.8 Å². The molecule has 6 nitrogen and oxygen atoms in total. The minimum absolute atomic E-state index is 0.0277. The molecule has 0 aliphatic rings. The highest BCUT2D eigenvalue weighted by Crippen LogP contribution is 2.38. The minimum Gasteiger partial charge on any atom is -0.506 e. The van der Waals surface area contributed by atoms with E-state index in [4.69, 9.17) is 28.6 Å². The number of hydrogen-bond donors (Lipinski definition) is 4. The smallest absolute Gasteiger partial charge is 0.328 e. The fourth-order valence-corrected chi connectivity index (χ4v) is 1.98. The van der Waals surface area contributed by atoms with Gasteiger partial charge in [-0.05, 0) is 19.1 Å². The van der Waals surface area contributed by atoms with E-state index in [1.54, 1.807) is 6.92 Å². The summed E-state index contributed by atoms with van der Waals surface area (Å²) < 4.78 is 0. The molecule has 0 aromatic heterocycles. The molecule has 0 fully saturated rings. The lowest BCUT2D eigenvalue weighted by molar-refractivity contribution is 0.251. The summed E-state index contributed by atoms with van der Waals surface area (Å²) in [4.78, 5) is 13.0. The molecule has 0 unspecified atom stereocenters. The van der Waals surface area contributed by atoms with Crippen LogP contribution in [0.1, 0.15) is 6.92 Å². The van der Waals surface area contributed by atoms with E-state index < -0.39 is 6.03 Å². The number of nitrogens with zero attached hydrogens (tertiary/aromatic N) is 1. The lowest BCUT2D eigenvalue weighted by atomic mass is 10.3. The van der Waals surface area contributed by atoms with Crippen molar-refractivity contribution in [3.63, 3.8) is 0 Å². The van der Waals surface area contributed by atoms with E-state index >= 15 is 0 Å². The van der Waals surface area contributed by atoms with E-state index in [0.29, 0.717) is 6.54 Å². The number of carbonyl (C=O) groups excluding carboxylic acids is 1. The Balaban J connectivity index is 2.94. The van der Waals surface area contributed by atoms with Crippen molar-refractivity contribution in [2.75, 3.05) is 18.5 Å². The molecule has 2 amide bonds. The van der Waals surface area contributed by atoms with E-state index in [9.17, 15) is 9.90 Å². The number of urea groups is 1. The van der Waals surface area contributed by atoms with Crippen molar-refractivity contribution in [3.8, 4) is 5.75 Å². The van der Waals surface area contributed by atoms with Crippen molar-refractivity contribution in [3.05, 3.63) is 22.2 Å². The van der Waals surface area contributed by atoms with Crippen molar-refractivity contribution in [1.29, 1.82) is 5.41 Å². The Hall–Kier alpha value is -1.66. The fourth-order valence-electron chi connectivity index (χ4n) is 1.35. The number of guanidine groups is 1. The average molecular weight is 305 g/mol. The van der Waals surface area contributed by atoms with Crippen LogP contribution < -0.4 is 15.5 Å². The highest BCUT2D eigenvalue weighted by atomic mass is 35.5. The zero-order valence-corrected chi connectivity index (χ0v) is 11.9. The maximum atomic E-state index is 11.9. The number of aromatic hydroxyl groups is 1. The summed E-state index contributed by atoms with van der Waals surface area (Å²) in [5, 5.41) is 22.1. The van der Waals surface area contributed by atoms with Crippen LogP contribution in [0.25, 0.3) is 0 Å². The number of anilines is 1. The standard InChI is InChI=1S/C11H14Cl2N4O2/c1-3-15-10(14)16-11(19)17(2)9-6(12)4-5-7(18)8(9)13/h4-5,18H,3H2,1-2H3,(H3,14,15,16,19). The molecular weight excluding hydrogens is 291 g/mol. The summed E-state index contributed by atoms with van der Waals surface area (Å²) in [5.41, 5.74) is 0.171. The Bertz CT molecular complexity index is 508. The number of halogens is 2. The molecule has 0 bridgehead atoms. The normalized spacial score (nSPS) is 9.89. The van der Waals surface area contributed by atoms with Gasteiger partial charge in [-0.15, -0.1) is 0 Å². The maximum Gasteiger partial charge on any atom is 0.328 e. The molecule has 0 saturated carbocycles. The van der Waals surface area contributed by atoms with Crippen LogP contribution in [0.4, 0.5) is 10.5 Å². The van der Waals surface area contributed by atoms with Gasteiger partial charge in [0.15, 0.2) is 5.96 Å². The molecule has 1 aromatic rings. The molecule has 104 valence electrons. The zero-order valence-electron chi connectivity index (χ0n) is 10.4. The third-order valence-electron chi connectivity index (χ3n) is 2.27. The molecule has 19 heavy (non-hydrogen) atoms. The molecule has 0 aliphatic heterocycles. The van der Waals surface area contributed by atoms with Crippen LogP contribution in [0.2, 0.25) is 10.0 Å². The molecule has 4 N–H and O–H groups in total. The van der Waals surface area contributed by atoms with Gasteiger partial charge in [0.05, 0.1) is 10.7 Å². The second-order valence-electron chi connectivity index (χ2n) is 3.62. The predicted octanol–water partition coefficient (Wildman–Crippen LogP) is 2.39. The number of phenolic OH excluding ortho intramolecular Hbond substituents is 1. The van der Waals surface area contributed by atoms with Gasteiger partial charge in [-0.2, -0.15) is 0 Å². The SMILES string of the molecule is CCNC(=N)NC(=O)N(C)c1c(Cl)ccc(O)c1Cl. The Kier molecular flexibility index (Phi) is 5.26. The fraction of sp³-hybridized carbons (Fsp3) is 0.273. The highest BCUT2D eigenvalue weighted by Gasteiger charge is 2.20. The van der Waals surface area contributed by atoms with Crippen molar-refractivity contribution < 1.29 is 9.90 Å². The first-order valence-corrected chi connectivity index (χ1v) is 6.18. The van der Waals surface area contributed by atoms with Gasteiger partial charge >= 0.3 is 6.03 Å². The first kappa shape index (κ1) is 15.4. The van der Waals surface area contributed by atoms with Crippen LogP contribution in [0, 0.1) is 5.41 Å². The summed E-state index contributed by atoms with van der Waals surface area (Å²) in [7, 11) is 1.43. The van der Waals surface area contributed by atoms with Gasteiger partial charge in [0.25, 0.3) is 0 Å². The van der Waals surface area contributed by atoms with Crippen LogP contribution in [0.5, 0.6) is 5.75 Å². The van der Waals surface area contributed by atoms with Crippen LogP contribution in [0.15, 0.2) is 12.1 Å². The largest absolute Gasteiger partial charge is 0.506 e. The molecule has 1 aromatic carbocycles. The topological polar surface area (TPSA) is 88.5 Å². The third kappa shape index (κ3) is 3.65. The number of benzene rings is 1. The average Bonchev–Trinajstić information content (AvgIpc) is 2.34. The number of nitrogens with one attached hydrogen (secondary N) is 3. The molecular formula is C11H14Cl2N4O2. The number of phenols is 1. The summed E-state index contributed by atoms with van der Waals surface area (Å²) in [6, 6.07) is 2.17. The maximum absolute atomic E-state index is 11.9. The molecule has 0 saturated heterocycles. The monoisotopic (exact) mass is 304 g/mol. The van der Waals surface area contributed by atoms with Crippen LogP contribution in [-0.4, -0.2) is 30.7 Å². The van der Waals surface area contributed by atoms with E-state index in [1.807, 2.05) is 0 Å². The quantitative estimate of drug-likeness (QED) is 0.500. The second-order valence-corrected chi connectivity index (χ2v) is 4.41. The first-order chi connectivity index (χ1) is 8.88. The molecule has 0 aliphatic carbocycles. The lowest BCUT2D eigenvalue weighted by Gasteiger charge is -2.21. The first-order valence-electron chi connectivity index (χ1n) is 5.42. The van der Waals surface area contributed by atoms with Crippen molar-refractivity contribution in [2.45, 2.75) is 6.92 Å². The summed E-state index contributed by atoms with van der Waals surface area (Å²) in [5.74, 6) is -0.311.